The van der Waals surface area contributed by atoms with Crippen LogP contribution in [0, 0.1) is 20.7 Å². The third-order valence-electron chi connectivity index (χ3n) is 2.34. The topological polar surface area (TPSA) is 82.8 Å². The van der Waals surface area contributed by atoms with E-state index >= 15 is 0 Å². The van der Waals surface area contributed by atoms with E-state index in [1.807, 2.05) is 22.6 Å². The van der Waals surface area contributed by atoms with E-state index in [0.717, 1.165) is 6.07 Å². The van der Waals surface area contributed by atoms with Crippen LogP contribution in [0.2, 0.25) is 0 Å². The maximum absolute atomic E-state index is 13.0. The summed E-state index contributed by atoms with van der Waals surface area (Å²) >= 11 is 1.82. The van der Waals surface area contributed by atoms with Gasteiger partial charge in [0.2, 0.25) is 0 Å². The molecule has 0 fully saturated rings. The van der Waals surface area contributed by atoms with Gasteiger partial charge in [0.15, 0.2) is 5.69 Å². The van der Waals surface area contributed by atoms with Gasteiger partial charge in [-0.05, 0) is 52.9 Å². The van der Waals surface area contributed by atoms with Crippen molar-refractivity contribution in [3.05, 3.63) is 51.6 Å². The molecule has 0 radical (unpaired) electrons. The number of halogens is 2. The molecule has 0 aliphatic heterocycles. The summed E-state index contributed by atoms with van der Waals surface area (Å²) in [4.78, 5) is 3.48. The van der Waals surface area contributed by atoms with Gasteiger partial charge >= 0.3 is 0 Å². The van der Waals surface area contributed by atoms with Gasteiger partial charge < -0.3 is 0 Å². The lowest BCUT2D eigenvalue weighted by Crippen LogP contribution is -2.15. The molecule has 1 N–H and O–H groups in total. The summed E-state index contributed by atoms with van der Waals surface area (Å²) in [5.41, 5.74) is 0.0388. The number of pyridine rings is 1. The van der Waals surface area contributed by atoms with Crippen LogP contribution in [0.3, 0.4) is 0 Å². The zero-order valence-corrected chi connectivity index (χ0v) is 12.8. The number of sulfonamides is 1. The Balaban J connectivity index is 2.44. The molecular weight excluding hydrogens is 396 g/mol. The van der Waals surface area contributed by atoms with E-state index in [4.69, 9.17) is 5.26 Å². The summed E-state index contributed by atoms with van der Waals surface area (Å²) in [7, 11) is -3.95. The Morgan fingerprint density at radius 1 is 1.35 bits per heavy atom. The van der Waals surface area contributed by atoms with Gasteiger partial charge in [-0.3, -0.25) is 4.72 Å². The van der Waals surface area contributed by atoms with Crippen molar-refractivity contribution in [1.29, 1.82) is 5.26 Å². The summed E-state index contributed by atoms with van der Waals surface area (Å²) in [5.74, 6) is -0.462. The van der Waals surface area contributed by atoms with Gasteiger partial charge in [0, 0.05) is 9.77 Å². The number of aromatic nitrogens is 1. The molecular formula is C12H7FIN3O2S. The molecule has 20 heavy (non-hydrogen) atoms. The second-order valence-electron chi connectivity index (χ2n) is 3.69. The maximum atomic E-state index is 13.0. The Labute approximate surface area is 128 Å². The number of benzene rings is 1. The molecule has 0 atom stereocenters. The molecule has 1 aromatic carbocycles. The Morgan fingerprint density at radius 2 is 2.10 bits per heavy atom. The van der Waals surface area contributed by atoms with Gasteiger partial charge in [0.05, 0.1) is 5.69 Å². The molecule has 0 unspecified atom stereocenters. The molecule has 0 aliphatic carbocycles. The van der Waals surface area contributed by atoms with Crippen molar-refractivity contribution in [2.24, 2.45) is 0 Å². The van der Waals surface area contributed by atoms with E-state index in [0.29, 0.717) is 3.57 Å². The minimum Gasteiger partial charge on any atom is -0.278 e. The normalized spacial score (nSPS) is 10.8. The summed E-state index contributed by atoms with van der Waals surface area (Å²) in [6.07, 6.45) is 1.33. The molecule has 102 valence electrons. The standard InChI is InChI=1S/C12H7FIN3O2S/c13-8-3-4-10(9(14)6-8)17-20(18,19)12-2-1-5-16-11(12)7-15/h1-6,17H. The number of nitrogens with one attached hydrogen (secondary N) is 1. The highest BCUT2D eigenvalue weighted by atomic mass is 127. The molecule has 0 saturated heterocycles. The third-order valence-corrected chi connectivity index (χ3v) is 4.63. The molecule has 0 amide bonds. The molecule has 1 aromatic heterocycles. The number of rotatable bonds is 3. The average molecular weight is 403 g/mol. The first-order chi connectivity index (χ1) is 9.44. The van der Waals surface area contributed by atoms with E-state index in [-0.39, 0.29) is 16.3 Å². The molecule has 1 heterocycles. The van der Waals surface area contributed by atoms with Crippen molar-refractivity contribution < 1.29 is 12.8 Å². The molecule has 2 aromatic rings. The Morgan fingerprint density at radius 3 is 2.75 bits per heavy atom. The summed E-state index contributed by atoms with van der Waals surface area (Å²) in [6.45, 7) is 0. The molecule has 2 rings (SSSR count). The highest BCUT2D eigenvalue weighted by molar-refractivity contribution is 14.1. The Kier molecular flexibility index (Phi) is 4.20. The van der Waals surface area contributed by atoms with Crippen LogP contribution >= 0.6 is 22.6 Å². The van der Waals surface area contributed by atoms with Gasteiger partial charge in [-0.1, -0.05) is 0 Å². The highest BCUT2D eigenvalue weighted by Crippen LogP contribution is 2.23. The molecule has 8 heteroatoms. The Hall–Kier alpha value is -1.73. The first kappa shape index (κ1) is 14.7. The van der Waals surface area contributed by atoms with Crippen LogP contribution in [0.4, 0.5) is 10.1 Å². The van der Waals surface area contributed by atoms with Crippen LogP contribution < -0.4 is 4.72 Å². The summed E-state index contributed by atoms with van der Waals surface area (Å²) in [5, 5.41) is 8.88. The summed E-state index contributed by atoms with van der Waals surface area (Å²) < 4.78 is 40.1. The van der Waals surface area contributed by atoms with Crippen LogP contribution in [0.1, 0.15) is 5.69 Å². The fraction of sp³-hybridized carbons (Fsp3) is 0. The quantitative estimate of drug-likeness (QED) is 0.799. The van der Waals surface area contributed by atoms with Crippen LogP contribution in [0.15, 0.2) is 41.4 Å². The lowest BCUT2D eigenvalue weighted by Gasteiger charge is -2.10. The lowest BCUT2D eigenvalue weighted by atomic mass is 10.3. The highest BCUT2D eigenvalue weighted by Gasteiger charge is 2.20. The first-order valence-corrected chi connectivity index (χ1v) is 7.83. The lowest BCUT2D eigenvalue weighted by molar-refractivity contribution is 0.600. The van der Waals surface area contributed by atoms with Crippen LogP contribution in [-0.2, 0) is 10.0 Å². The molecule has 5 nitrogen and oxygen atoms in total. The second-order valence-corrected chi connectivity index (χ2v) is 6.50. The van der Waals surface area contributed by atoms with Crippen LogP contribution in [0.5, 0.6) is 0 Å². The number of hydrogen-bond donors (Lipinski definition) is 1. The summed E-state index contributed by atoms with van der Waals surface area (Å²) in [6, 6.07) is 8.09. The minimum absolute atomic E-state index is 0.197. The fourth-order valence-corrected chi connectivity index (χ4v) is 3.45. The molecule has 0 spiro atoms. The van der Waals surface area contributed by atoms with Crippen LogP contribution in [-0.4, -0.2) is 13.4 Å². The van der Waals surface area contributed by atoms with Gasteiger partial charge in [-0.2, -0.15) is 5.26 Å². The van der Waals surface area contributed by atoms with E-state index in [1.54, 1.807) is 6.07 Å². The fourth-order valence-electron chi connectivity index (χ4n) is 1.46. The minimum atomic E-state index is -3.95. The van der Waals surface area contributed by atoms with Crippen molar-refractivity contribution >= 4 is 38.3 Å². The average Bonchev–Trinajstić information content (AvgIpc) is 2.42. The third kappa shape index (κ3) is 3.05. The second kappa shape index (κ2) is 5.72. The van der Waals surface area contributed by atoms with Gasteiger partial charge in [0.25, 0.3) is 10.0 Å². The smallest absolute Gasteiger partial charge is 0.264 e. The van der Waals surface area contributed by atoms with Crippen molar-refractivity contribution in [2.45, 2.75) is 4.90 Å². The van der Waals surface area contributed by atoms with E-state index in [2.05, 4.69) is 9.71 Å². The SMILES string of the molecule is N#Cc1ncccc1S(=O)(=O)Nc1ccc(F)cc1I. The zero-order chi connectivity index (χ0) is 14.8. The number of nitrogens with zero attached hydrogens (tertiary/aromatic N) is 2. The van der Waals surface area contributed by atoms with Crippen molar-refractivity contribution in [3.63, 3.8) is 0 Å². The molecule has 0 saturated carbocycles. The van der Waals surface area contributed by atoms with Gasteiger partial charge in [-0.15, -0.1) is 0 Å². The number of nitriles is 1. The van der Waals surface area contributed by atoms with Crippen molar-refractivity contribution in [2.75, 3.05) is 4.72 Å². The van der Waals surface area contributed by atoms with Gasteiger partial charge in [0.1, 0.15) is 16.8 Å². The molecule has 0 bridgehead atoms. The van der Waals surface area contributed by atoms with Gasteiger partial charge in [-0.25, -0.2) is 17.8 Å². The maximum Gasteiger partial charge on any atom is 0.264 e. The zero-order valence-electron chi connectivity index (χ0n) is 9.84. The monoisotopic (exact) mass is 403 g/mol. The number of hydrogen-bond acceptors (Lipinski definition) is 4. The molecule has 0 aliphatic rings. The van der Waals surface area contributed by atoms with E-state index in [9.17, 15) is 12.8 Å². The predicted molar refractivity (Wildman–Crippen MR) is 78.9 cm³/mol. The largest absolute Gasteiger partial charge is 0.278 e. The van der Waals surface area contributed by atoms with Crippen LogP contribution in [0.25, 0.3) is 0 Å². The first-order valence-electron chi connectivity index (χ1n) is 5.27. The predicted octanol–water partition coefficient (Wildman–Crippen LogP) is 2.50. The van der Waals surface area contributed by atoms with Crippen molar-refractivity contribution in [1.82, 2.24) is 4.98 Å². The number of anilines is 1. The van der Waals surface area contributed by atoms with E-state index < -0.39 is 15.8 Å². The Bertz CT molecular complexity index is 803. The van der Waals surface area contributed by atoms with E-state index in [1.165, 1.54) is 30.5 Å². The van der Waals surface area contributed by atoms with Crippen molar-refractivity contribution in [3.8, 4) is 6.07 Å².